The minimum atomic E-state index is -0.968. The highest BCUT2D eigenvalue weighted by Crippen LogP contribution is 2.34. The minimum Gasteiger partial charge on any atom is -0.351 e. The number of aromatic nitrogens is 1. The Balaban J connectivity index is 1.47. The van der Waals surface area contributed by atoms with Crippen LogP contribution < -0.4 is 5.32 Å². The molecule has 2 heterocycles. The number of nitrogens with zero attached hydrogens (tertiary/aromatic N) is 2. The van der Waals surface area contributed by atoms with Crippen LogP contribution in [0.3, 0.4) is 0 Å². The van der Waals surface area contributed by atoms with E-state index in [9.17, 15) is 9.59 Å². The Labute approximate surface area is 208 Å². The van der Waals surface area contributed by atoms with Gasteiger partial charge in [-0.3, -0.25) is 9.59 Å². The highest BCUT2D eigenvalue weighted by atomic mass is 16.2. The first-order chi connectivity index (χ1) is 17.0. The molecule has 2 aromatic carbocycles. The molecule has 5 rings (SSSR count). The van der Waals surface area contributed by atoms with E-state index in [1.54, 1.807) is 0 Å². The van der Waals surface area contributed by atoms with Gasteiger partial charge in [-0.1, -0.05) is 67.6 Å². The van der Waals surface area contributed by atoms with Gasteiger partial charge in [0.1, 0.15) is 11.2 Å². The zero-order valence-electron chi connectivity index (χ0n) is 20.7. The number of benzene rings is 2. The third kappa shape index (κ3) is 4.64. The molecule has 5 heteroatoms. The van der Waals surface area contributed by atoms with E-state index < -0.39 is 5.54 Å². The van der Waals surface area contributed by atoms with Gasteiger partial charge in [-0.25, -0.2) is 0 Å². The number of hydrogen-bond donors (Lipinski definition) is 1. The van der Waals surface area contributed by atoms with Gasteiger partial charge in [0.05, 0.1) is 6.54 Å². The maximum Gasteiger partial charge on any atom is 0.271 e. The molecule has 0 bridgehead atoms. The first kappa shape index (κ1) is 23.4. The van der Waals surface area contributed by atoms with Gasteiger partial charge < -0.3 is 14.8 Å². The van der Waals surface area contributed by atoms with Crippen molar-refractivity contribution in [3.8, 4) is 11.3 Å². The van der Waals surface area contributed by atoms with Crippen molar-refractivity contribution in [1.29, 1.82) is 0 Å². The first-order valence-corrected chi connectivity index (χ1v) is 12.9. The van der Waals surface area contributed by atoms with Crippen molar-refractivity contribution < 1.29 is 9.59 Å². The van der Waals surface area contributed by atoms with E-state index in [0.29, 0.717) is 31.1 Å². The van der Waals surface area contributed by atoms with Crippen molar-refractivity contribution in [1.82, 2.24) is 14.8 Å². The minimum absolute atomic E-state index is 0.0446. The topological polar surface area (TPSA) is 54.3 Å². The number of fused-ring (bicyclic) bond motifs is 1. The fourth-order valence-electron chi connectivity index (χ4n) is 5.61. The highest BCUT2D eigenvalue weighted by molar-refractivity contribution is 6.00. The molecule has 5 nitrogen and oxygen atoms in total. The van der Waals surface area contributed by atoms with E-state index in [2.05, 4.69) is 36.5 Å². The Hall–Kier alpha value is -3.34. The summed E-state index contributed by atoms with van der Waals surface area (Å²) in [7, 11) is 0. The van der Waals surface area contributed by atoms with Crippen LogP contribution in [0, 0.1) is 5.92 Å². The van der Waals surface area contributed by atoms with Crippen LogP contribution in [0.2, 0.25) is 0 Å². The van der Waals surface area contributed by atoms with E-state index in [0.717, 1.165) is 42.5 Å². The maximum atomic E-state index is 13.9. The van der Waals surface area contributed by atoms with Gasteiger partial charge in [-0.2, -0.15) is 0 Å². The van der Waals surface area contributed by atoms with E-state index >= 15 is 0 Å². The van der Waals surface area contributed by atoms with Crippen molar-refractivity contribution in [3.63, 3.8) is 0 Å². The molecule has 1 N–H and O–H groups in total. The van der Waals surface area contributed by atoms with Crippen molar-refractivity contribution >= 4 is 11.8 Å². The molecule has 0 spiro atoms. The Kier molecular flexibility index (Phi) is 6.50. The standard InChI is InChI=1S/C30H35N3O2/c1-22-13-15-25(16-14-22)31-29(35)30(2)21-32-26(24-11-7-4-8-12-24)17-18-27(32)28(34)33(30)20-19-23-9-5-3-6-10-23/h3-12,17-18,22,25H,13-16,19-21H2,1-2H3,(H,31,35). The molecule has 0 radical (unpaired) electrons. The van der Waals surface area contributed by atoms with Crippen molar-refractivity contribution in [3.05, 3.63) is 84.1 Å². The average Bonchev–Trinajstić information content (AvgIpc) is 3.30. The summed E-state index contributed by atoms with van der Waals surface area (Å²) in [6.45, 7) is 5.16. The van der Waals surface area contributed by atoms with Gasteiger partial charge in [0, 0.05) is 18.3 Å². The molecule has 1 unspecified atom stereocenters. The van der Waals surface area contributed by atoms with Gasteiger partial charge in [0.15, 0.2) is 0 Å². The van der Waals surface area contributed by atoms with Crippen LogP contribution in [0.15, 0.2) is 72.8 Å². The van der Waals surface area contributed by atoms with Gasteiger partial charge in [0.2, 0.25) is 5.91 Å². The Bertz CT molecular complexity index is 1180. The van der Waals surface area contributed by atoms with Crippen LogP contribution in [0.1, 0.15) is 55.6 Å². The fourth-order valence-corrected chi connectivity index (χ4v) is 5.61. The summed E-state index contributed by atoms with van der Waals surface area (Å²) in [5, 5.41) is 3.33. The smallest absolute Gasteiger partial charge is 0.271 e. The van der Waals surface area contributed by atoms with Gasteiger partial charge in [-0.15, -0.1) is 0 Å². The Morgan fingerprint density at radius 2 is 1.54 bits per heavy atom. The monoisotopic (exact) mass is 469 g/mol. The van der Waals surface area contributed by atoms with Gasteiger partial charge >= 0.3 is 0 Å². The number of rotatable bonds is 6. The SMILES string of the molecule is CC1CCC(NC(=O)C2(C)Cn3c(ccc3-c3ccccc3)C(=O)N2CCc2ccccc2)CC1. The van der Waals surface area contributed by atoms with Crippen LogP contribution >= 0.6 is 0 Å². The second kappa shape index (κ2) is 9.73. The molecule has 1 aliphatic carbocycles. The van der Waals surface area contributed by atoms with Gasteiger partial charge in [0.25, 0.3) is 5.91 Å². The number of carbonyl (C=O) groups is 2. The van der Waals surface area contributed by atoms with Gasteiger partial charge in [-0.05, 0) is 68.2 Å². The lowest BCUT2D eigenvalue weighted by molar-refractivity contribution is -0.133. The lowest BCUT2D eigenvalue weighted by Gasteiger charge is -2.45. The lowest BCUT2D eigenvalue weighted by Crippen LogP contribution is -2.65. The second-order valence-corrected chi connectivity index (χ2v) is 10.5. The Morgan fingerprint density at radius 1 is 0.914 bits per heavy atom. The van der Waals surface area contributed by atoms with Crippen molar-refractivity contribution in [2.75, 3.05) is 6.54 Å². The number of amides is 2. The van der Waals surface area contributed by atoms with Crippen molar-refractivity contribution in [2.45, 2.75) is 64.1 Å². The second-order valence-electron chi connectivity index (χ2n) is 10.5. The van der Waals surface area contributed by atoms with Crippen LogP contribution in [0.5, 0.6) is 0 Å². The largest absolute Gasteiger partial charge is 0.351 e. The number of nitrogens with one attached hydrogen (secondary N) is 1. The zero-order valence-corrected chi connectivity index (χ0v) is 20.7. The lowest BCUT2D eigenvalue weighted by atomic mass is 9.86. The number of hydrogen-bond acceptors (Lipinski definition) is 2. The normalized spacial score (nSPS) is 24.2. The molecule has 182 valence electrons. The molecule has 2 aliphatic rings. The third-order valence-electron chi connectivity index (χ3n) is 7.88. The molecular weight excluding hydrogens is 434 g/mol. The van der Waals surface area contributed by atoms with E-state index in [1.165, 1.54) is 0 Å². The van der Waals surface area contributed by atoms with Crippen LogP contribution in [0.25, 0.3) is 11.3 Å². The predicted molar refractivity (Wildman–Crippen MR) is 139 cm³/mol. The average molecular weight is 470 g/mol. The third-order valence-corrected chi connectivity index (χ3v) is 7.88. The molecule has 1 aliphatic heterocycles. The quantitative estimate of drug-likeness (QED) is 0.532. The predicted octanol–water partition coefficient (Wildman–Crippen LogP) is 5.31. The van der Waals surface area contributed by atoms with E-state index in [1.807, 2.05) is 64.9 Å². The molecule has 2 amide bonds. The molecule has 3 aromatic rings. The number of carbonyl (C=O) groups excluding carboxylic acids is 2. The van der Waals surface area contributed by atoms with E-state index in [4.69, 9.17) is 0 Å². The fraction of sp³-hybridized carbons (Fsp3) is 0.400. The maximum absolute atomic E-state index is 13.9. The zero-order chi connectivity index (χ0) is 24.4. The Morgan fingerprint density at radius 3 is 2.23 bits per heavy atom. The summed E-state index contributed by atoms with van der Waals surface area (Å²) >= 11 is 0. The molecule has 1 fully saturated rings. The first-order valence-electron chi connectivity index (χ1n) is 12.9. The summed E-state index contributed by atoms with van der Waals surface area (Å²) < 4.78 is 2.04. The molecule has 1 aromatic heterocycles. The van der Waals surface area contributed by atoms with Crippen molar-refractivity contribution in [2.24, 2.45) is 5.92 Å². The van der Waals surface area contributed by atoms with E-state index in [-0.39, 0.29) is 17.9 Å². The van der Waals surface area contributed by atoms with Crippen LogP contribution in [0.4, 0.5) is 0 Å². The molecular formula is C30H35N3O2. The summed E-state index contributed by atoms with van der Waals surface area (Å²) in [6.07, 6.45) is 5.00. The summed E-state index contributed by atoms with van der Waals surface area (Å²) in [4.78, 5) is 29.6. The summed E-state index contributed by atoms with van der Waals surface area (Å²) in [5.74, 6) is 0.592. The highest BCUT2D eigenvalue weighted by Gasteiger charge is 2.48. The summed E-state index contributed by atoms with van der Waals surface area (Å²) in [5.41, 5.74) is 2.87. The van der Waals surface area contributed by atoms with Crippen LogP contribution in [-0.4, -0.2) is 39.4 Å². The molecule has 1 atom stereocenters. The molecule has 1 saturated carbocycles. The molecule has 35 heavy (non-hydrogen) atoms. The molecule has 0 saturated heterocycles. The van der Waals surface area contributed by atoms with Crippen LogP contribution in [-0.2, 0) is 17.8 Å². The summed E-state index contributed by atoms with van der Waals surface area (Å²) in [6, 6.07) is 24.4.